The van der Waals surface area contributed by atoms with Crippen LogP contribution in [0.3, 0.4) is 0 Å². The summed E-state index contributed by atoms with van der Waals surface area (Å²) in [6, 6.07) is 52.4. The Kier molecular flexibility index (Phi) is 14.3. The van der Waals surface area contributed by atoms with Crippen molar-refractivity contribution in [1.82, 2.24) is 11.1 Å². The van der Waals surface area contributed by atoms with E-state index in [1.165, 1.54) is 24.0 Å². The Morgan fingerprint density at radius 1 is 0.509 bits per heavy atom. The van der Waals surface area contributed by atoms with Gasteiger partial charge in [0.25, 0.3) is 0 Å². The molecule has 0 aliphatic heterocycles. The van der Waals surface area contributed by atoms with E-state index in [1.807, 2.05) is 85.2 Å². The molecule has 1 aromatic heterocycles. The second-order valence-electron chi connectivity index (χ2n) is 15.1. The molecule has 0 unspecified atom stereocenters. The Bertz CT molecular complexity index is 2050. The third-order valence-corrected chi connectivity index (χ3v) is 10.9. The highest BCUT2D eigenvalue weighted by molar-refractivity contribution is 5.37. The topological polar surface area (TPSA) is 94.0 Å². The van der Waals surface area contributed by atoms with Gasteiger partial charge < -0.3 is 29.8 Å². The summed E-state index contributed by atoms with van der Waals surface area (Å²) in [5.74, 6) is 1.43. The van der Waals surface area contributed by atoms with Gasteiger partial charge in [0.05, 0.1) is 45.3 Å². The van der Waals surface area contributed by atoms with E-state index in [0.717, 1.165) is 45.9 Å². The van der Waals surface area contributed by atoms with Gasteiger partial charge in [-0.25, -0.2) is 0 Å². The van der Waals surface area contributed by atoms with Crippen molar-refractivity contribution in [2.45, 2.75) is 82.4 Å². The normalized spacial score (nSPS) is 20.4. The zero-order valence-electron chi connectivity index (χ0n) is 32.6. The first-order valence-corrected chi connectivity index (χ1v) is 20.0. The van der Waals surface area contributed by atoms with Crippen LogP contribution in [0.15, 0.2) is 164 Å². The quantitative estimate of drug-likeness (QED) is 0.0932. The highest BCUT2D eigenvalue weighted by Gasteiger charge is 2.49. The van der Waals surface area contributed by atoms with Crippen LogP contribution < -0.4 is 10.9 Å². The standard InChI is InChI=1S/C50H51NO5.H3N/c1-5-13-38(14-6-1)32-52-36-45-30-46(56-47-31-51-28-27-44(47)29-37-21-23-42(24-22-37)43-25-26-43)49(54-34-40-17-9-3-10-18-40)50(55-35-41-19-11-4-12-20-41)48(45)53-33-39-15-7-2-8-16-39;/h1-24,27-28,31,43,45-46,48-50H,25-26,29-30,32-36H2;1H3/t45-,46-,48-,49+,50+;/m1./s1. The minimum atomic E-state index is -0.471. The van der Waals surface area contributed by atoms with Crippen LogP contribution in [0, 0.1) is 5.92 Å². The first kappa shape index (κ1) is 40.1. The summed E-state index contributed by atoms with van der Waals surface area (Å²) in [5, 5.41) is 0. The summed E-state index contributed by atoms with van der Waals surface area (Å²) < 4.78 is 34.6. The zero-order valence-corrected chi connectivity index (χ0v) is 32.6. The third-order valence-electron chi connectivity index (χ3n) is 10.9. The minimum Gasteiger partial charge on any atom is -0.486 e. The van der Waals surface area contributed by atoms with E-state index in [1.54, 1.807) is 0 Å². The molecule has 0 spiro atoms. The lowest BCUT2D eigenvalue weighted by atomic mass is 9.80. The molecule has 0 radical (unpaired) electrons. The van der Waals surface area contributed by atoms with Crippen molar-refractivity contribution >= 4 is 0 Å². The highest BCUT2D eigenvalue weighted by Crippen LogP contribution is 2.40. The predicted octanol–water partition coefficient (Wildman–Crippen LogP) is 10.5. The number of nitrogens with zero attached hydrogens (tertiary/aromatic N) is 1. The highest BCUT2D eigenvalue weighted by atomic mass is 16.6. The van der Waals surface area contributed by atoms with Gasteiger partial charge >= 0.3 is 0 Å². The molecule has 0 bridgehead atoms. The Morgan fingerprint density at radius 2 is 1.02 bits per heavy atom. The Hall–Kier alpha value is -5.15. The largest absolute Gasteiger partial charge is 0.486 e. The van der Waals surface area contributed by atoms with Crippen LogP contribution >= 0.6 is 0 Å². The van der Waals surface area contributed by atoms with E-state index < -0.39 is 12.2 Å². The SMILES string of the molecule is N.c1ccc(COC[C@H]2C[C@@H](Oc3cnccc3Cc3ccc(C4CC4)cc3)[C@H](OCc3ccccc3)[C@@H](OCc3ccccc3)[C@@H]2OCc2ccccc2)cc1. The van der Waals surface area contributed by atoms with Gasteiger partial charge in [0.1, 0.15) is 24.1 Å². The van der Waals surface area contributed by atoms with Crippen LogP contribution in [0.25, 0.3) is 0 Å². The smallest absolute Gasteiger partial charge is 0.141 e. The van der Waals surface area contributed by atoms with Crippen molar-refractivity contribution in [2.75, 3.05) is 6.61 Å². The summed E-state index contributed by atoms with van der Waals surface area (Å²) in [6.45, 7) is 2.22. The van der Waals surface area contributed by atoms with Gasteiger partial charge in [-0.1, -0.05) is 146 Å². The monoisotopic (exact) mass is 762 g/mol. The second-order valence-corrected chi connectivity index (χ2v) is 15.1. The Balaban J connectivity index is 0.00000496. The minimum absolute atomic E-state index is 0. The lowest BCUT2D eigenvalue weighted by Gasteiger charge is -2.46. The van der Waals surface area contributed by atoms with E-state index in [-0.39, 0.29) is 24.3 Å². The molecule has 0 saturated heterocycles. The summed E-state index contributed by atoms with van der Waals surface area (Å²) in [7, 11) is 0. The summed E-state index contributed by atoms with van der Waals surface area (Å²) >= 11 is 0. The number of benzene rings is 5. The van der Waals surface area contributed by atoms with Crippen molar-refractivity contribution < 1.29 is 23.7 Å². The van der Waals surface area contributed by atoms with E-state index in [2.05, 4.69) is 83.8 Å². The van der Waals surface area contributed by atoms with E-state index in [4.69, 9.17) is 23.7 Å². The molecule has 6 aromatic rings. The fraction of sp³-hybridized carbons (Fsp3) is 0.300. The van der Waals surface area contributed by atoms with Gasteiger partial charge in [-0.3, -0.25) is 4.98 Å². The van der Waals surface area contributed by atoms with Gasteiger partial charge in [-0.15, -0.1) is 0 Å². The zero-order chi connectivity index (χ0) is 37.8. The molecule has 5 aromatic carbocycles. The van der Waals surface area contributed by atoms with Crippen LogP contribution in [0.1, 0.15) is 64.1 Å². The number of hydrogen-bond donors (Lipinski definition) is 1. The van der Waals surface area contributed by atoms with Gasteiger partial charge in [0.15, 0.2) is 0 Å². The maximum atomic E-state index is 7.14. The molecule has 2 aliphatic rings. The second kappa shape index (κ2) is 20.3. The van der Waals surface area contributed by atoms with Crippen molar-refractivity contribution in [3.63, 3.8) is 0 Å². The molecular weight excluding hydrogens is 709 g/mol. The molecule has 57 heavy (non-hydrogen) atoms. The summed E-state index contributed by atoms with van der Waals surface area (Å²) in [5.41, 5.74) is 8.16. The molecule has 5 atom stereocenters. The average Bonchev–Trinajstić information content (AvgIpc) is 4.11. The molecule has 0 amide bonds. The van der Waals surface area contributed by atoms with Gasteiger partial charge in [0.2, 0.25) is 0 Å². The van der Waals surface area contributed by atoms with Crippen molar-refractivity contribution in [1.29, 1.82) is 0 Å². The summed E-state index contributed by atoms with van der Waals surface area (Å²) in [4.78, 5) is 4.55. The van der Waals surface area contributed by atoms with Crippen molar-refractivity contribution in [2.24, 2.45) is 5.92 Å². The van der Waals surface area contributed by atoms with Crippen molar-refractivity contribution in [3.05, 3.63) is 203 Å². The molecule has 3 N–H and O–H groups in total. The molecular formula is C50H54N2O5. The number of aromatic nitrogens is 1. The van der Waals surface area contributed by atoms with E-state index in [9.17, 15) is 0 Å². The number of ether oxygens (including phenoxy) is 5. The van der Waals surface area contributed by atoms with Gasteiger partial charge in [-0.2, -0.15) is 0 Å². The fourth-order valence-corrected chi connectivity index (χ4v) is 7.70. The molecule has 2 saturated carbocycles. The molecule has 7 nitrogen and oxygen atoms in total. The fourth-order valence-electron chi connectivity index (χ4n) is 7.70. The van der Waals surface area contributed by atoms with Gasteiger partial charge in [0, 0.05) is 24.1 Å². The maximum absolute atomic E-state index is 7.14. The van der Waals surface area contributed by atoms with E-state index in [0.29, 0.717) is 39.5 Å². The maximum Gasteiger partial charge on any atom is 0.141 e. The van der Waals surface area contributed by atoms with Crippen LogP contribution in [-0.4, -0.2) is 36.0 Å². The van der Waals surface area contributed by atoms with Crippen LogP contribution in [0.4, 0.5) is 0 Å². The number of rotatable bonds is 18. The van der Waals surface area contributed by atoms with E-state index >= 15 is 0 Å². The Morgan fingerprint density at radius 3 is 1.56 bits per heavy atom. The lowest BCUT2D eigenvalue weighted by molar-refractivity contribution is -0.220. The molecule has 2 aliphatic carbocycles. The molecule has 8 rings (SSSR count). The average molecular weight is 763 g/mol. The van der Waals surface area contributed by atoms with Crippen molar-refractivity contribution in [3.8, 4) is 5.75 Å². The molecule has 294 valence electrons. The van der Waals surface area contributed by atoms with Crippen LogP contribution in [0.5, 0.6) is 5.75 Å². The van der Waals surface area contributed by atoms with Crippen LogP contribution in [0.2, 0.25) is 0 Å². The molecule has 7 heteroatoms. The first-order valence-electron chi connectivity index (χ1n) is 20.0. The summed E-state index contributed by atoms with van der Waals surface area (Å²) in [6.07, 6.45) is 6.03. The third kappa shape index (κ3) is 11.3. The molecule has 2 fully saturated rings. The van der Waals surface area contributed by atoms with Gasteiger partial charge in [-0.05, 0) is 64.6 Å². The van der Waals surface area contributed by atoms with Crippen LogP contribution in [-0.2, 0) is 51.8 Å². The number of pyridine rings is 1. The first-order chi connectivity index (χ1) is 27.7. The number of hydrogen-bond acceptors (Lipinski definition) is 7. The predicted molar refractivity (Wildman–Crippen MR) is 224 cm³/mol. The Labute approximate surface area is 337 Å². The lowest BCUT2D eigenvalue weighted by Crippen LogP contribution is -2.59. The molecule has 1 heterocycles.